The summed E-state index contributed by atoms with van der Waals surface area (Å²) in [6, 6.07) is 1.32. The van der Waals surface area contributed by atoms with Crippen molar-refractivity contribution < 1.29 is 9.53 Å². The molecule has 1 atom stereocenters. The number of carbonyl (C=O) groups excluding carboxylic acids is 1. The molecule has 1 saturated heterocycles. The van der Waals surface area contributed by atoms with E-state index in [1.54, 1.807) is 0 Å². The van der Waals surface area contributed by atoms with Gasteiger partial charge in [0.25, 0.3) is 5.91 Å². The molecule has 1 fully saturated rings. The maximum Gasteiger partial charge on any atom is 0.259 e. The number of hydrogen-bond donors (Lipinski definition) is 2. The summed E-state index contributed by atoms with van der Waals surface area (Å²) in [4.78, 5) is 28.2. The van der Waals surface area contributed by atoms with Crippen molar-refractivity contribution in [2.24, 2.45) is 5.73 Å². The van der Waals surface area contributed by atoms with E-state index in [0.717, 1.165) is 0 Å². The quantitative estimate of drug-likeness (QED) is 0.705. The molecule has 96 valence electrons. The number of H-pyrrole nitrogens is 1. The van der Waals surface area contributed by atoms with E-state index in [1.807, 2.05) is 0 Å². The van der Waals surface area contributed by atoms with Crippen LogP contribution in [0.4, 0.5) is 0 Å². The van der Waals surface area contributed by atoms with Crippen LogP contribution in [0.5, 0.6) is 0 Å². The Labute approximate surface area is 109 Å². The third kappa shape index (κ3) is 2.57. The molecule has 0 bridgehead atoms. The molecule has 7 heteroatoms. The van der Waals surface area contributed by atoms with Crippen LogP contribution < -0.4 is 11.2 Å². The molecule has 1 amide bonds. The molecule has 1 aromatic rings. The van der Waals surface area contributed by atoms with E-state index >= 15 is 0 Å². The van der Waals surface area contributed by atoms with Gasteiger partial charge in [-0.05, 0) is 0 Å². The van der Waals surface area contributed by atoms with Gasteiger partial charge >= 0.3 is 0 Å². The first-order chi connectivity index (χ1) is 8.59. The molecule has 0 radical (unpaired) electrons. The number of aromatic nitrogens is 1. The molecule has 1 unspecified atom stereocenters. The van der Waals surface area contributed by atoms with Crippen LogP contribution in [0.3, 0.4) is 0 Å². The first-order valence-electron chi connectivity index (χ1n) is 5.47. The van der Waals surface area contributed by atoms with Gasteiger partial charge in [0, 0.05) is 25.0 Å². The van der Waals surface area contributed by atoms with Crippen molar-refractivity contribution >= 4 is 23.1 Å². The van der Waals surface area contributed by atoms with Gasteiger partial charge in [-0.2, -0.15) is 0 Å². The van der Waals surface area contributed by atoms with Crippen molar-refractivity contribution in [2.75, 3.05) is 19.7 Å². The Bertz CT molecular complexity index is 528. The summed E-state index contributed by atoms with van der Waals surface area (Å²) in [6.07, 6.45) is 2.44. The lowest BCUT2D eigenvalue weighted by atomic mass is 10.2. The Morgan fingerprint density at radius 1 is 1.61 bits per heavy atom. The summed E-state index contributed by atoms with van der Waals surface area (Å²) < 4.78 is 5.34. The van der Waals surface area contributed by atoms with Gasteiger partial charge in [0.2, 0.25) is 0 Å². The Kier molecular flexibility index (Phi) is 3.73. The predicted molar refractivity (Wildman–Crippen MR) is 69.5 cm³/mol. The predicted octanol–water partition coefficient (Wildman–Crippen LogP) is -0.498. The average Bonchev–Trinajstić information content (AvgIpc) is 2.38. The van der Waals surface area contributed by atoms with Gasteiger partial charge < -0.3 is 20.4 Å². The zero-order valence-electron chi connectivity index (χ0n) is 9.59. The highest BCUT2D eigenvalue weighted by Crippen LogP contribution is 2.08. The number of rotatable bonds is 2. The Balaban J connectivity index is 2.17. The van der Waals surface area contributed by atoms with Crippen LogP contribution in [0, 0.1) is 0 Å². The lowest BCUT2D eigenvalue weighted by Gasteiger charge is -2.32. The second kappa shape index (κ2) is 5.28. The number of nitrogens with zero attached hydrogens (tertiary/aromatic N) is 1. The normalized spacial score (nSPS) is 19.6. The van der Waals surface area contributed by atoms with Crippen molar-refractivity contribution in [3.63, 3.8) is 0 Å². The highest BCUT2D eigenvalue weighted by molar-refractivity contribution is 7.80. The first kappa shape index (κ1) is 12.7. The molecular formula is C11H13N3O3S. The van der Waals surface area contributed by atoms with E-state index in [4.69, 9.17) is 22.7 Å². The summed E-state index contributed by atoms with van der Waals surface area (Å²) in [7, 11) is 0. The summed E-state index contributed by atoms with van der Waals surface area (Å²) in [5, 5.41) is 0. The number of hydrogen-bond acceptors (Lipinski definition) is 4. The van der Waals surface area contributed by atoms with Gasteiger partial charge in [0.05, 0.1) is 13.2 Å². The highest BCUT2D eigenvalue weighted by atomic mass is 32.1. The second-order valence-electron chi connectivity index (χ2n) is 3.94. The molecule has 0 saturated carbocycles. The fourth-order valence-electron chi connectivity index (χ4n) is 1.76. The number of morpholine rings is 1. The molecule has 1 aromatic heterocycles. The molecule has 2 rings (SSSR count). The molecule has 2 heterocycles. The maximum atomic E-state index is 12.2. The van der Waals surface area contributed by atoms with E-state index in [9.17, 15) is 9.59 Å². The minimum Gasteiger partial charge on any atom is -0.391 e. The molecular weight excluding hydrogens is 254 g/mol. The van der Waals surface area contributed by atoms with Gasteiger partial charge in [-0.25, -0.2) is 0 Å². The smallest absolute Gasteiger partial charge is 0.259 e. The Morgan fingerprint density at radius 2 is 2.39 bits per heavy atom. The van der Waals surface area contributed by atoms with Gasteiger partial charge in [-0.3, -0.25) is 9.59 Å². The number of carbonyl (C=O) groups is 1. The third-order valence-corrected chi connectivity index (χ3v) is 2.99. The van der Waals surface area contributed by atoms with Crippen molar-refractivity contribution in [3.8, 4) is 0 Å². The van der Waals surface area contributed by atoms with Gasteiger partial charge in [-0.1, -0.05) is 12.2 Å². The van der Waals surface area contributed by atoms with Crippen molar-refractivity contribution in [3.05, 3.63) is 34.2 Å². The SMILES string of the molecule is NC(=S)C1CN(C(=O)c2c[nH]ccc2=O)CCO1. The van der Waals surface area contributed by atoms with E-state index in [2.05, 4.69) is 4.98 Å². The first-order valence-corrected chi connectivity index (χ1v) is 5.87. The highest BCUT2D eigenvalue weighted by Gasteiger charge is 2.27. The topological polar surface area (TPSA) is 88.4 Å². The molecule has 6 nitrogen and oxygen atoms in total. The summed E-state index contributed by atoms with van der Waals surface area (Å²) in [5.41, 5.74) is 5.30. The number of aromatic amines is 1. The number of nitrogens with two attached hydrogens (primary N) is 1. The van der Waals surface area contributed by atoms with Crippen LogP contribution >= 0.6 is 12.2 Å². The zero-order valence-corrected chi connectivity index (χ0v) is 10.4. The van der Waals surface area contributed by atoms with Crippen LogP contribution in [0.2, 0.25) is 0 Å². The average molecular weight is 267 g/mol. The minimum absolute atomic E-state index is 0.112. The molecule has 0 aromatic carbocycles. The van der Waals surface area contributed by atoms with Crippen LogP contribution in [0.1, 0.15) is 10.4 Å². The van der Waals surface area contributed by atoms with Gasteiger partial charge in [0.1, 0.15) is 16.7 Å². The molecule has 1 aliphatic heterocycles. The van der Waals surface area contributed by atoms with Crippen molar-refractivity contribution in [1.29, 1.82) is 0 Å². The standard InChI is InChI=1S/C11H13N3O3S/c12-10(18)9-6-14(3-4-17-9)11(16)7-5-13-2-1-8(7)15/h1-2,5,9H,3-4,6H2,(H2,12,18)(H,13,15). The fraction of sp³-hybridized carbons (Fsp3) is 0.364. The lowest BCUT2D eigenvalue weighted by molar-refractivity contribution is 0.00870. The van der Waals surface area contributed by atoms with Crippen LogP contribution in [-0.2, 0) is 4.74 Å². The number of nitrogens with one attached hydrogen (secondary N) is 1. The Morgan fingerprint density at radius 3 is 3.06 bits per heavy atom. The lowest BCUT2D eigenvalue weighted by Crippen LogP contribution is -2.50. The maximum absolute atomic E-state index is 12.2. The molecule has 0 aliphatic carbocycles. The van der Waals surface area contributed by atoms with Crippen LogP contribution in [-0.4, -0.2) is 46.6 Å². The van der Waals surface area contributed by atoms with Crippen molar-refractivity contribution in [1.82, 2.24) is 9.88 Å². The number of ether oxygens (including phenoxy) is 1. The number of amides is 1. The monoisotopic (exact) mass is 267 g/mol. The molecule has 3 N–H and O–H groups in total. The third-order valence-electron chi connectivity index (χ3n) is 2.73. The van der Waals surface area contributed by atoms with Crippen LogP contribution in [0.25, 0.3) is 0 Å². The summed E-state index contributed by atoms with van der Waals surface area (Å²) in [5.74, 6) is -0.332. The fourth-order valence-corrected chi connectivity index (χ4v) is 1.90. The summed E-state index contributed by atoms with van der Waals surface area (Å²) in [6.45, 7) is 1.06. The van der Waals surface area contributed by atoms with E-state index in [0.29, 0.717) is 13.2 Å². The minimum atomic E-state index is -0.444. The zero-order chi connectivity index (χ0) is 13.1. The van der Waals surface area contributed by atoms with E-state index in [1.165, 1.54) is 23.4 Å². The van der Waals surface area contributed by atoms with Gasteiger partial charge in [0.15, 0.2) is 5.43 Å². The Hall–Kier alpha value is -1.73. The number of pyridine rings is 1. The van der Waals surface area contributed by atoms with E-state index < -0.39 is 6.10 Å². The molecule has 1 aliphatic rings. The summed E-state index contributed by atoms with van der Waals surface area (Å²) >= 11 is 4.84. The van der Waals surface area contributed by atoms with Crippen molar-refractivity contribution in [2.45, 2.75) is 6.10 Å². The number of thiocarbonyl (C=S) groups is 1. The van der Waals surface area contributed by atoms with Gasteiger partial charge in [-0.15, -0.1) is 0 Å². The molecule has 0 spiro atoms. The van der Waals surface area contributed by atoms with E-state index in [-0.39, 0.29) is 28.4 Å². The van der Waals surface area contributed by atoms with Crippen LogP contribution in [0.15, 0.2) is 23.3 Å². The molecule has 18 heavy (non-hydrogen) atoms. The largest absolute Gasteiger partial charge is 0.391 e. The second-order valence-corrected chi connectivity index (χ2v) is 4.41.